The SMILES string of the molecule is CNC(c1cc(F)cc(F)c1)c1cc(F)c(F)c(F)c1. The second kappa shape index (κ2) is 5.58. The van der Waals surface area contributed by atoms with Gasteiger partial charge in [0.1, 0.15) is 11.6 Å². The molecule has 2 aromatic carbocycles. The van der Waals surface area contributed by atoms with Gasteiger partial charge in [-0.25, -0.2) is 22.0 Å². The van der Waals surface area contributed by atoms with Crippen molar-refractivity contribution in [1.29, 1.82) is 0 Å². The third kappa shape index (κ3) is 2.80. The lowest BCUT2D eigenvalue weighted by Gasteiger charge is -2.18. The maximum absolute atomic E-state index is 13.2. The Bertz CT molecular complexity index is 598. The molecule has 0 fully saturated rings. The molecular weight excluding hydrogens is 277 g/mol. The molecule has 0 saturated heterocycles. The Morgan fingerprint density at radius 3 is 1.65 bits per heavy atom. The Balaban J connectivity index is 2.52. The van der Waals surface area contributed by atoms with Crippen LogP contribution in [0.25, 0.3) is 0 Å². The third-order valence-electron chi connectivity index (χ3n) is 2.85. The van der Waals surface area contributed by atoms with Crippen LogP contribution in [0.4, 0.5) is 22.0 Å². The van der Waals surface area contributed by atoms with Crippen LogP contribution in [-0.2, 0) is 0 Å². The van der Waals surface area contributed by atoms with Crippen molar-refractivity contribution in [3.63, 3.8) is 0 Å². The fourth-order valence-electron chi connectivity index (χ4n) is 2.01. The van der Waals surface area contributed by atoms with E-state index in [0.29, 0.717) is 6.07 Å². The van der Waals surface area contributed by atoms with Crippen molar-refractivity contribution in [3.05, 3.63) is 70.5 Å². The van der Waals surface area contributed by atoms with Gasteiger partial charge in [-0.2, -0.15) is 0 Å². The molecule has 0 aliphatic carbocycles. The predicted octanol–water partition coefficient (Wildman–Crippen LogP) is 3.69. The van der Waals surface area contributed by atoms with Crippen LogP contribution in [0.3, 0.4) is 0 Å². The molecule has 0 radical (unpaired) electrons. The minimum atomic E-state index is -1.59. The number of hydrogen-bond acceptors (Lipinski definition) is 1. The van der Waals surface area contributed by atoms with E-state index in [0.717, 1.165) is 24.3 Å². The summed E-state index contributed by atoms with van der Waals surface area (Å²) in [5.41, 5.74) is 0.157. The normalized spacial score (nSPS) is 12.5. The van der Waals surface area contributed by atoms with Gasteiger partial charge in [0.15, 0.2) is 17.5 Å². The molecule has 0 bridgehead atoms. The summed E-state index contributed by atoms with van der Waals surface area (Å²) in [7, 11) is 1.45. The lowest BCUT2D eigenvalue weighted by atomic mass is 9.98. The Morgan fingerprint density at radius 2 is 1.20 bits per heavy atom. The number of halogens is 5. The van der Waals surface area contributed by atoms with Gasteiger partial charge in [0.05, 0.1) is 6.04 Å². The Hall–Kier alpha value is -1.95. The van der Waals surface area contributed by atoms with E-state index in [-0.39, 0.29) is 11.1 Å². The lowest BCUT2D eigenvalue weighted by molar-refractivity contribution is 0.443. The lowest BCUT2D eigenvalue weighted by Crippen LogP contribution is -2.19. The first-order valence-electron chi connectivity index (χ1n) is 5.70. The fourth-order valence-corrected chi connectivity index (χ4v) is 2.01. The molecule has 6 heteroatoms. The van der Waals surface area contributed by atoms with Crippen molar-refractivity contribution >= 4 is 0 Å². The van der Waals surface area contributed by atoms with E-state index in [2.05, 4.69) is 5.32 Å². The second-order valence-electron chi connectivity index (χ2n) is 4.22. The zero-order chi connectivity index (χ0) is 14.9. The van der Waals surface area contributed by atoms with Gasteiger partial charge in [-0.1, -0.05) is 0 Å². The largest absolute Gasteiger partial charge is 0.309 e. The van der Waals surface area contributed by atoms with Crippen molar-refractivity contribution in [1.82, 2.24) is 5.32 Å². The summed E-state index contributed by atoms with van der Waals surface area (Å²) in [6, 6.07) is 3.43. The van der Waals surface area contributed by atoms with Gasteiger partial charge in [0.25, 0.3) is 0 Å². The van der Waals surface area contributed by atoms with E-state index in [1.165, 1.54) is 7.05 Å². The van der Waals surface area contributed by atoms with Crippen LogP contribution in [-0.4, -0.2) is 7.05 Å². The highest BCUT2D eigenvalue weighted by Crippen LogP contribution is 2.26. The van der Waals surface area contributed by atoms with Gasteiger partial charge in [-0.3, -0.25) is 0 Å². The molecule has 106 valence electrons. The van der Waals surface area contributed by atoms with E-state index >= 15 is 0 Å². The van der Waals surface area contributed by atoms with E-state index < -0.39 is 35.1 Å². The van der Waals surface area contributed by atoms with Gasteiger partial charge in [0.2, 0.25) is 0 Å². The number of benzene rings is 2. The minimum Gasteiger partial charge on any atom is -0.309 e. The summed E-state index contributed by atoms with van der Waals surface area (Å²) in [5, 5.41) is 2.67. The fraction of sp³-hybridized carbons (Fsp3) is 0.143. The van der Waals surface area contributed by atoms with Gasteiger partial charge in [-0.05, 0) is 42.4 Å². The average molecular weight is 287 g/mol. The molecule has 0 heterocycles. The summed E-state index contributed by atoms with van der Waals surface area (Å²) in [4.78, 5) is 0. The molecule has 0 spiro atoms. The molecule has 2 rings (SSSR count). The highest BCUT2D eigenvalue weighted by atomic mass is 19.2. The summed E-state index contributed by atoms with van der Waals surface area (Å²) in [6.07, 6.45) is 0. The van der Waals surface area contributed by atoms with E-state index in [1.54, 1.807) is 0 Å². The van der Waals surface area contributed by atoms with Crippen LogP contribution < -0.4 is 5.32 Å². The first kappa shape index (κ1) is 14.5. The number of hydrogen-bond donors (Lipinski definition) is 1. The molecule has 0 aliphatic rings. The molecule has 0 aromatic heterocycles. The number of rotatable bonds is 3. The van der Waals surface area contributed by atoms with Crippen molar-refractivity contribution in [3.8, 4) is 0 Å². The zero-order valence-corrected chi connectivity index (χ0v) is 10.4. The number of nitrogens with one attached hydrogen (secondary N) is 1. The topological polar surface area (TPSA) is 12.0 Å². The molecule has 0 saturated carbocycles. The maximum atomic E-state index is 13.2. The monoisotopic (exact) mass is 287 g/mol. The summed E-state index contributed by atoms with van der Waals surface area (Å²) < 4.78 is 65.7. The van der Waals surface area contributed by atoms with Gasteiger partial charge >= 0.3 is 0 Å². The van der Waals surface area contributed by atoms with Crippen LogP contribution in [0.5, 0.6) is 0 Å². The Labute approximate surface area is 112 Å². The highest BCUT2D eigenvalue weighted by Gasteiger charge is 2.19. The third-order valence-corrected chi connectivity index (χ3v) is 2.85. The van der Waals surface area contributed by atoms with Crippen LogP contribution in [0.2, 0.25) is 0 Å². The van der Waals surface area contributed by atoms with Crippen LogP contribution in [0.15, 0.2) is 30.3 Å². The van der Waals surface area contributed by atoms with Crippen molar-refractivity contribution in [2.24, 2.45) is 0 Å². The van der Waals surface area contributed by atoms with Crippen molar-refractivity contribution in [2.75, 3.05) is 7.05 Å². The molecule has 1 unspecified atom stereocenters. The van der Waals surface area contributed by atoms with Crippen molar-refractivity contribution < 1.29 is 22.0 Å². The molecule has 1 atom stereocenters. The predicted molar refractivity (Wildman–Crippen MR) is 63.6 cm³/mol. The second-order valence-corrected chi connectivity index (χ2v) is 4.22. The highest BCUT2D eigenvalue weighted by molar-refractivity contribution is 5.33. The summed E-state index contributed by atoms with van der Waals surface area (Å²) in [6.45, 7) is 0. The van der Waals surface area contributed by atoms with Gasteiger partial charge < -0.3 is 5.32 Å². The zero-order valence-electron chi connectivity index (χ0n) is 10.4. The first-order valence-corrected chi connectivity index (χ1v) is 5.70. The standard InChI is InChI=1S/C14H10F5N/c1-20-14(7-2-9(15)6-10(16)3-7)8-4-11(17)13(19)12(18)5-8/h2-6,14,20H,1H3. The minimum absolute atomic E-state index is 0.0221. The molecule has 2 aromatic rings. The van der Waals surface area contributed by atoms with Gasteiger partial charge in [-0.15, -0.1) is 0 Å². The van der Waals surface area contributed by atoms with Crippen LogP contribution in [0.1, 0.15) is 17.2 Å². The molecule has 1 nitrogen and oxygen atoms in total. The maximum Gasteiger partial charge on any atom is 0.194 e. The smallest absolute Gasteiger partial charge is 0.194 e. The van der Waals surface area contributed by atoms with Crippen LogP contribution >= 0.6 is 0 Å². The van der Waals surface area contributed by atoms with Crippen molar-refractivity contribution in [2.45, 2.75) is 6.04 Å². The molecule has 0 aliphatic heterocycles. The molecule has 20 heavy (non-hydrogen) atoms. The molecule has 0 amide bonds. The van der Waals surface area contributed by atoms with E-state index in [4.69, 9.17) is 0 Å². The first-order chi connectivity index (χ1) is 9.42. The van der Waals surface area contributed by atoms with Crippen LogP contribution in [0, 0.1) is 29.1 Å². The summed E-state index contributed by atoms with van der Waals surface area (Å²) >= 11 is 0. The van der Waals surface area contributed by atoms with E-state index in [1.807, 2.05) is 0 Å². The van der Waals surface area contributed by atoms with E-state index in [9.17, 15) is 22.0 Å². The Morgan fingerprint density at radius 1 is 0.750 bits per heavy atom. The molecular formula is C14H10F5N. The summed E-state index contributed by atoms with van der Waals surface area (Å²) in [5.74, 6) is -5.95. The van der Waals surface area contributed by atoms with Gasteiger partial charge in [0, 0.05) is 6.07 Å². The quantitative estimate of drug-likeness (QED) is 0.670. The Kier molecular flexibility index (Phi) is 4.04. The molecule has 1 N–H and O–H groups in total. The average Bonchev–Trinajstić information content (AvgIpc) is 2.35.